The maximum absolute atomic E-state index is 11.0. The average molecular weight is 485 g/mol. The topological polar surface area (TPSA) is 175 Å². The lowest BCUT2D eigenvalue weighted by atomic mass is 9.67. The lowest BCUT2D eigenvalue weighted by Gasteiger charge is -2.45. The number of nitrogens with zero attached hydrogens (tertiary/aromatic N) is 4. The SMILES string of the molecule is CC1C(O)C(c2ccc(N(CCOCC(=O)O)CCn3cc(CS(=O)(=O)O)nn3)cc2)C1O. The molecule has 182 valence electrons. The molecule has 1 aliphatic carbocycles. The fourth-order valence-electron chi connectivity index (χ4n) is 3.84. The standard InChI is InChI=1S/C20H28N4O8S/c1-13-19(27)18(20(13)28)14-2-4-16(5-3-14)23(8-9-32-11-17(25)26)6-7-24-10-15(21-22-24)12-33(29,30)31/h2-5,10,13,18-20,27-28H,6-9,11-12H2,1H3,(H,25,26)(H,29,30,31). The van der Waals surface area contributed by atoms with Gasteiger partial charge in [0.1, 0.15) is 18.1 Å². The number of aromatic nitrogens is 3. The molecule has 3 rings (SSSR count). The minimum absolute atomic E-state index is 0.116. The fraction of sp³-hybridized carbons (Fsp3) is 0.550. The second-order valence-corrected chi connectivity index (χ2v) is 9.54. The molecule has 1 aromatic heterocycles. The van der Waals surface area contributed by atoms with Crippen LogP contribution in [0.5, 0.6) is 0 Å². The van der Waals surface area contributed by atoms with E-state index in [1.807, 2.05) is 29.2 Å². The quantitative estimate of drug-likeness (QED) is 0.230. The summed E-state index contributed by atoms with van der Waals surface area (Å²) in [5.41, 5.74) is 1.75. The highest BCUT2D eigenvalue weighted by Crippen LogP contribution is 2.42. The summed E-state index contributed by atoms with van der Waals surface area (Å²) in [5.74, 6) is -2.20. The summed E-state index contributed by atoms with van der Waals surface area (Å²) in [6.07, 6.45) is 0.225. The summed E-state index contributed by atoms with van der Waals surface area (Å²) in [7, 11) is -4.21. The Morgan fingerprint density at radius 2 is 1.85 bits per heavy atom. The Balaban J connectivity index is 1.66. The number of hydrogen-bond donors (Lipinski definition) is 4. The minimum Gasteiger partial charge on any atom is -0.480 e. The monoisotopic (exact) mass is 484 g/mol. The first-order valence-electron chi connectivity index (χ1n) is 10.4. The lowest BCUT2D eigenvalue weighted by Crippen LogP contribution is -2.51. The van der Waals surface area contributed by atoms with Gasteiger partial charge in [-0.2, -0.15) is 8.42 Å². The minimum atomic E-state index is -4.21. The molecule has 4 N–H and O–H groups in total. The van der Waals surface area contributed by atoms with Gasteiger partial charge in [-0.15, -0.1) is 5.10 Å². The normalized spacial score (nSPS) is 22.7. The summed E-state index contributed by atoms with van der Waals surface area (Å²) in [4.78, 5) is 12.6. The molecule has 0 radical (unpaired) electrons. The number of benzene rings is 1. The molecule has 13 heteroatoms. The summed E-state index contributed by atoms with van der Waals surface area (Å²) in [6.45, 7) is 2.70. The van der Waals surface area contributed by atoms with Gasteiger partial charge in [-0.05, 0) is 17.7 Å². The van der Waals surface area contributed by atoms with Crippen molar-refractivity contribution in [3.05, 3.63) is 41.7 Å². The summed E-state index contributed by atoms with van der Waals surface area (Å²) >= 11 is 0. The van der Waals surface area contributed by atoms with Gasteiger partial charge < -0.3 is 25.0 Å². The first-order valence-corrected chi connectivity index (χ1v) is 12.0. The molecule has 0 amide bonds. The first kappa shape index (κ1) is 25.1. The number of carboxylic acids is 1. The second kappa shape index (κ2) is 10.6. The van der Waals surface area contributed by atoms with Crippen LogP contribution < -0.4 is 4.90 Å². The number of ether oxygens (including phenoxy) is 1. The predicted octanol–water partition coefficient (Wildman–Crippen LogP) is -0.271. The molecular weight excluding hydrogens is 456 g/mol. The van der Waals surface area contributed by atoms with E-state index in [9.17, 15) is 23.4 Å². The van der Waals surface area contributed by atoms with Crippen LogP contribution in [0.1, 0.15) is 24.1 Å². The van der Waals surface area contributed by atoms with E-state index in [1.165, 1.54) is 10.9 Å². The zero-order valence-electron chi connectivity index (χ0n) is 18.1. The van der Waals surface area contributed by atoms with Crippen molar-refractivity contribution in [3.63, 3.8) is 0 Å². The number of aliphatic hydroxyl groups excluding tert-OH is 2. The highest BCUT2D eigenvalue weighted by Gasteiger charge is 2.46. The maximum Gasteiger partial charge on any atom is 0.329 e. The number of carbonyl (C=O) groups is 1. The molecule has 1 fully saturated rings. The molecule has 1 saturated carbocycles. The third-order valence-electron chi connectivity index (χ3n) is 5.70. The van der Waals surface area contributed by atoms with Crippen LogP contribution in [0.15, 0.2) is 30.5 Å². The Labute approximate surface area is 191 Å². The van der Waals surface area contributed by atoms with Gasteiger partial charge in [0, 0.05) is 36.8 Å². The van der Waals surface area contributed by atoms with Crippen molar-refractivity contribution in [1.29, 1.82) is 0 Å². The van der Waals surface area contributed by atoms with Gasteiger partial charge in [0.15, 0.2) is 0 Å². The third-order valence-corrected chi connectivity index (χ3v) is 6.36. The molecule has 2 atom stereocenters. The van der Waals surface area contributed by atoms with Crippen LogP contribution in [0.4, 0.5) is 5.69 Å². The number of aliphatic hydroxyl groups is 2. The molecule has 2 unspecified atom stereocenters. The Morgan fingerprint density at radius 1 is 1.18 bits per heavy atom. The third kappa shape index (κ3) is 6.71. The first-order chi connectivity index (χ1) is 15.5. The van der Waals surface area contributed by atoms with E-state index in [1.54, 1.807) is 6.92 Å². The zero-order chi connectivity index (χ0) is 24.2. The van der Waals surface area contributed by atoms with Crippen molar-refractivity contribution in [3.8, 4) is 0 Å². The Kier molecular flexibility index (Phi) is 8.02. The summed E-state index contributed by atoms with van der Waals surface area (Å²) in [6, 6.07) is 7.37. The van der Waals surface area contributed by atoms with Crippen molar-refractivity contribution in [2.75, 3.05) is 31.2 Å². The highest BCUT2D eigenvalue weighted by molar-refractivity contribution is 7.85. The van der Waals surface area contributed by atoms with Crippen LogP contribution in [0.3, 0.4) is 0 Å². The van der Waals surface area contributed by atoms with Gasteiger partial charge in [-0.3, -0.25) is 9.23 Å². The van der Waals surface area contributed by atoms with Crippen LogP contribution in [0, 0.1) is 5.92 Å². The smallest absolute Gasteiger partial charge is 0.329 e. The predicted molar refractivity (Wildman–Crippen MR) is 116 cm³/mol. The van der Waals surface area contributed by atoms with E-state index >= 15 is 0 Å². The molecule has 2 aromatic rings. The largest absolute Gasteiger partial charge is 0.480 e. The number of hydrogen-bond acceptors (Lipinski definition) is 9. The summed E-state index contributed by atoms with van der Waals surface area (Å²) < 4.78 is 37.5. The van der Waals surface area contributed by atoms with Crippen molar-refractivity contribution in [2.24, 2.45) is 5.92 Å². The molecule has 0 spiro atoms. The van der Waals surface area contributed by atoms with E-state index in [0.717, 1.165) is 11.3 Å². The molecule has 1 heterocycles. The number of carboxylic acid groups (broad SMARTS) is 1. The molecular formula is C20H28N4O8S. The molecule has 1 aromatic carbocycles. The van der Waals surface area contributed by atoms with Crippen LogP contribution >= 0.6 is 0 Å². The van der Waals surface area contributed by atoms with Gasteiger partial charge in [-0.25, -0.2) is 4.79 Å². The van der Waals surface area contributed by atoms with Crippen LogP contribution in [0.25, 0.3) is 0 Å². The molecule has 12 nitrogen and oxygen atoms in total. The van der Waals surface area contributed by atoms with Crippen molar-refractivity contribution >= 4 is 21.8 Å². The second-order valence-electron chi connectivity index (χ2n) is 8.09. The Hall–Kier alpha value is -2.58. The van der Waals surface area contributed by atoms with Gasteiger partial charge in [0.25, 0.3) is 10.1 Å². The van der Waals surface area contributed by atoms with Crippen molar-refractivity contribution in [1.82, 2.24) is 15.0 Å². The summed E-state index contributed by atoms with van der Waals surface area (Å²) in [5, 5.41) is 36.6. The molecule has 0 bridgehead atoms. The highest BCUT2D eigenvalue weighted by atomic mass is 32.2. The molecule has 0 saturated heterocycles. The van der Waals surface area contributed by atoms with Crippen LogP contribution in [-0.4, -0.2) is 87.8 Å². The number of aliphatic carboxylic acids is 1. The average Bonchev–Trinajstić information content (AvgIpc) is 3.19. The van der Waals surface area contributed by atoms with Gasteiger partial charge in [-0.1, -0.05) is 24.3 Å². The van der Waals surface area contributed by atoms with Gasteiger partial charge in [0.05, 0.1) is 25.4 Å². The van der Waals surface area contributed by atoms with E-state index in [0.29, 0.717) is 19.6 Å². The van der Waals surface area contributed by atoms with Crippen LogP contribution in [-0.2, 0) is 31.9 Å². The van der Waals surface area contributed by atoms with E-state index in [-0.39, 0.29) is 24.1 Å². The zero-order valence-corrected chi connectivity index (χ0v) is 18.9. The molecule has 0 aliphatic heterocycles. The van der Waals surface area contributed by atoms with E-state index in [4.69, 9.17) is 14.4 Å². The van der Waals surface area contributed by atoms with Gasteiger partial charge >= 0.3 is 5.97 Å². The molecule has 1 aliphatic rings. The molecule has 33 heavy (non-hydrogen) atoms. The van der Waals surface area contributed by atoms with Crippen molar-refractivity contribution in [2.45, 2.75) is 37.3 Å². The fourth-order valence-corrected chi connectivity index (χ4v) is 4.35. The number of rotatable bonds is 12. The lowest BCUT2D eigenvalue weighted by molar-refractivity contribution is -0.142. The van der Waals surface area contributed by atoms with E-state index < -0.39 is 40.7 Å². The number of anilines is 1. The Bertz CT molecular complexity index is 1030. The van der Waals surface area contributed by atoms with E-state index in [2.05, 4.69) is 10.3 Å². The van der Waals surface area contributed by atoms with Crippen LogP contribution in [0.2, 0.25) is 0 Å². The van der Waals surface area contributed by atoms with Crippen molar-refractivity contribution < 1.29 is 37.8 Å². The van der Waals surface area contributed by atoms with Gasteiger partial charge in [0.2, 0.25) is 0 Å². The Morgan fingerprint density at radius 3 is 2.45 bits per heavy atom. The maximum atomic E-state index is 11.0.